The number of ether oxygens (including phenoxy) is 1. The minimum absolute atomic E-state index is 0. The zero-order chi connectivity index (χ0) is 18.1. The maximum absolute atomic E-state index is 11.6. The van der Waals surface area contributed by atoms with Gasteiger partial charge in [-0.05, 0) is 11.1 Å². The highest BCUT2D eigenvalue weighted by molar-refractivity contribution is 14.0. The third kappa shape index (κ3) is 8.65. The van der Waals surface area contributed by atoms with Crippen LogP contribution in [0.25, 0.3) is 0 Å². The molecule has 1 aromatic carbocycles. The Balaban J connectivity index is 0.00000338. The highest BCUT2D eigenvalue weighted by atomic mass is 127. The Bertz CT molecular complexity index is 676. The molecule has 26 heavy (non-hydrogen) atoms. The number of benzene rings is 1. The van der Waals surface area contributed by atoms with Crippen LogP contribution in [0.15, 0.2) is 29.3 Å². The van der Waals surface area contributed by atoms with E-state index in [0.29, 0.717) is 12.5 Å². The Morgan fingerprint density at radius 3 is 2.46 bits per heavy atom. The van der Waals surface area contributed by atoms with Crippen molar-refractivity contribution in [1.82, 2.24) is 15.5 Å². The molecule has 0 spiro atoms. The number of hydrogen-bond donors (Lipinski definition) is 2. The molecule has 1 aromatic rings. The van der Waals surface area contributed by atoms with Gasteiger partial charge in [0.1, 0.15) is 0 Å². The zero-order valence-electron chi connectivity index (χ0n) is 15.4. The molecule has 0 atom stereocenters. The zero-order valence-corrected chi connectivity index (χ0v) is 18.5. The average Bonchev–Trinajstić information content (AvgIpc) is 2.58. The highest BCUT2D eigenvalue weighted by Crippen LogP contribution is 2.12. The Kier molecular flexibility index (Phi) is 10.4. The van der Waals surface area contributed by atoms with Gasteiger partial charge in [-0.2, -0.15) is 0 Å². The van der Waals surface area contributed by atoms with Crippen LogP contribution in [0.3, 0.4) is 0 Å². The van der Waals surface area contributed by atoms with E-state index in [9.17, 15) is 8.42 Å². The molecule has 1 heterocycles. The summed E-state index contributed by atoms with van der Waals surface area (Å²) in [6.45, 7) is 5.79. The van der Waals surface area contributed by atoms with Crippen molar-refractivity contribution < 1.29 is 13.2 Å². The largest absolute Gasteiger partial charge is 0.379 e. The summed E-state index contributed by atoms with van der Waals surface area (Å²) in [5.41, 5.74) is 1.78. The Morgan fingerprint density at radius 2 is 1.85 bits per heavy atom. The van der Waals surface area contributed by atoms with Crippen molar-refractivity contribution in [1.29, 1.82) is 0 Å². The molecule has 1 aliphatic rings. The molecule has 9 heteroatoms. The van der Waals surface area contributed by atoms with E-state index in [1.165, 1.54) is 6.26 Å². The van der Waals surface area contributed by atoms with E-state index in [0.717, 1.165) is 50.5 Å². The molecule has 7 nitrogen and oxygen atoms in total. The summed E-state index contributed by atoms with van der Waals surface area (Å²) in [6.07, 6.45) is 1.25. The van der Waals surface area contributed by atoms with Crippen molar-refractivity contribution >= 4 is 39.8 Å². The summed E-state index contributed by atoms with van der Waals surface area (Å²) < 4.78 is 28.5. The minimum atomic E-state index is -3.06. The Hall–Kier alpha value is -0.910. The fraction of sp³-hybridized carbons (Fsp3) is 0.588. The van der Waals surface area contributed by atoms with Crippen LogP contribution in [0.4, 0.5) is 0 Å². The first-order chi connectivity index (χ1) is 12.0. The fourth-order valence-electron chi connectivity index (χ4n) is 2.71. The predicted molar refractivity (Wildman–Crippen MR) is 116 cm³/mol. The standard InChI is InChI=1S/C17H28N4O3S.HI/c1-18-17(19-7-8-21-9-11-24-12-10-21)20-13-15-5-3-4-6-16(15)14-25(2,22)23;/h3-6H,7-14H2,1-2H3,(H2,18,19,20);1H. The third-order valence-corrected chi connectivity index (χ3v) is 4.87. The van der Waals surface area contributed by atoms with Crippen LogP contribution in [0.2, 0.25) is 0 Å². The molecule has 148 valence electrons. The summed E-state index contributed by atoms with van der Waals surface area (Å²) >= 11 is 0. The van der Waals surface area contributed by atoms with Gasteiger partial charge in [0.25, 0.3) is 0 Å². The number of nitrogens with one attached hydrogen (secondary N) is 2. The van der Waals surface area contributed by atoms with Gasteiger partial charge >= 0.3 is 0 Å². The van der Waals surface area contributed by atoms with Crippen LogP contribution in [0.5, 0.6) is 0 Å². The molecule has 2 rings (SSSR count). The molecule has 1 saturated heterocycles. The first-order valence-electron chi connectivity index (χ1n) is 8.47. The van der Waals surface area contributed by atoms with Crippen LogP contribution in [-0.4, -0.2) is 72.0 Å². The topological polar surface area (TPSA) is 83.0 Å². The van der Waals surface area contributed by atoms with Gasteiger partial charge < -0.3 is 15.4 Å². The van der Waals surface area contributed by atoms with Crippen molar-refractivity contribution in [2.75, 3.05) is 52.7 Å². The van der Waals surface area contributed by atoms with E-state index in [4.69, 9.17) is 4.74 Å². The molecular weight excluding hydrogens is 467 g/mol. The lowest BCUT2D eigenvalue weighted by molar-refractivity contribution is 0.0389. The van der Waals surface area contributed by atoms with Gasteiger partial charge in [0.05, 0.1) is 19.0 Å². The van der Waals surface area contributed by atoms with Gasteiger partial charge in [-0.1, -0.05) is 24.3 Å². The summed E-state index contributed by atoms with van der Waals surface area (Å²) in [5.74, 6) is 0.760. The number of hydrogen-bond acceptors (Lipinski definition) is 5. The van der Waals surface area contributed by atoms with E-state index >= 15 is 0 Å². The highest BCUT2D eigenvalue weighted by Gasteiger charge is 2.11. The average molecular weight is 496 g/mol. The van der Waals surface area contributed by atoms with Crippen molar-refractivity contribution in [3.8, 4) is 0 Å². The van der Waals surface area contributed by atoms with Gasteiger partial charge in [-0.15, -0.1) is 24.0 Å². The molecule has 2 N–H and O–H groups in total. The van der Waals surface area contributed by atoms with Crippen LogP contribution in [-0.2, 0) is 26.9 Å². The summed E-state index contributed by atoms with van der Waals surface area (Å²) in [4.78, 5) is 6.58. The first-order valence-corrected chi connectivity index (χ1v) is 10.5. The molecule has 0 unspecified atom stereocenters. The Morgan fingerprint density at radius 1 is 1.19 bits per heavy atom. The van der Waals surface area contributed by atoms with Crippen LogP contribution < -0.4 is 10.6 Å². The van der Waals surface area contributed by atoms with Crippen molar-refractivity contribution in [2.24, 2.45) is 4.99 Å². The second-order valence-corrected chi connectivity index (χ2v) is 8.29. The van der Waals surface area contributed by atoms with Gasteiger partial charge in [0, 0.05) is 46.0 Å². The van der Waals surface area contributed by atoms with Crippen LogP contribution >= 0.6 is 24.0 Å². The third-order valence-electron chi connectivity index (χ3n) is 4.03. The monoisotopic (exact) mass is 496 g/mol. The van der Waals surface area contributed by atoms with Gasteiger partial charge in [-0.25, -0.2) is 8.42 Å². The summed E-state index contributed by atoms with van der Waals surface area (Å²) in [5, 5.41) is 6.54. The van der Waals surface area contributed by atoms with Crippen LogP contribution in [0.1, 0.15) is 11.1 Å². The predicted octanol–water partition coefficient (Wildman–Crippen LogP) is 0.846. The summed E-state index contributed by atoms with van der Waals surface area (Å²) in [6, 6.07) is 7.57. The second kappa shape index (κ2) is 11.7. The van der Waals surface area contributed by atoms with Crippen molar-refractivity contribution in [3.63, 3.8) is 0 Å². The van der Waals surface area contributed by atoms with Gasteiger partial charge in [0.15, 0.2) is 15.8 Å². The van der Waals surface area contributed by atoms with Gasteiger partial charge in [0.2, 0.25) is 0 Å². The van der Waals surface area contributed by atoms with Crippen molar-refractivity contribution in [2.45, 2.75) is 12.3 Å². The van der Waals surface area contributed by atoms with E-state index in [1.807, 2.05) is 24.3 Å². The lowest BCUT2D eigenvalue weighted by Gasteiger charge is -2.26. The smallest absolute Gasteiger partial charge is 0.191 e. The maximum atomic E-state index is 11.6. The Labute approximate surface area is 173 Å². The molecular formula is C17H29IN4O3S. The van der Waals surface area contributed by atoms with E-state index < -0.39 is 9.84 Å². The molecule has 0 radical (unpaired) electrons. The lowest BCUT2D eigenvalue weighted by Crippen LogP contribution is -2.44. The SMILES string of the molecule is CN=C(NCCN1CCOCC1)NCc1ccccc1CS(C)(=O)=O.I. The van der Waals surface area contributed by atoms with Crippen LogP contribution in [0, 0.1) is 0 Å². The molecule has 0 aromatic heterocycles. The minimum Gasteiger partial charge on any atom is -0.379 e. The molecule has 0 saturated carbocycles. The van der Waals surface area contributed by atoms with Gasteiger partial charge in [-0.3, -0.25) is 9.89 Å². The maximum Gasteiger partial charge on any atom is 0.191 e. The number of halogens is 1. The number of guanidine groups is 1. The van der Waals surface area contributed by atoms with E-state index in [2.05, 4.69) is 20.5 Å². The number of aliphatic imine (C=N–C) groups is 1. The number of morpholine rings is 1. The summed E-state index contributed by atoms with van der Waals surface area (Å²) in [7, 11) is -1.33. The van der Waals surface area contributed by atoms with E-state index in [1.54, 1.807) is 7.05 Å². The quantitative estimate of drug-likeness (QED) is 0.331. The number of rotatable bonds is 7. The number of nitrogens with zero attached hydrogens (tertiary/aromatic N) is 2. The molecule has 1 aliphatic heterocycles. The lowest BCUT2D eigenvalue weighted by atomic mass is 10.1. The van der Waals surface area contributed by atoms with Crippen molar-refractivity contribution in [3.05, 3.63) is 35.4 Å². The van der Waals surface area contributed by atoms with E-state index in [-0.39, 0.29) is 29.7 Å². The number of sulfone groups is 1. The molecule has 0 amide bonds. The normalized spacial score (nSPS) is 16.0. The fourth-order valence-corrected chi connectivity index (χ4v) is 3.56. The molecule has 0 bridgehead atoms. The molecule has 1 fully saturated rings. The molecule has 0 aliphatic carbocycles. The second-order valence-electron chi connectivity index (χ2n) is 6.15. The first kappa shape index (κ1) is 23.1.